The summed E-state index contributed by atoms with van der Waals surface area (Å²) >= 11 is 0. The van der Waals surface area contributed by atoms with Crippen molar-refractivity contribution >= 4 is 5.78 Å². The maximum Gasteiger partial charge on any atom is 0.204 e. The maximum atomic E-state index is 12.5. The van der Waals surface area contributed by atoms with Crippen LogP contribution in [0.3, 0.4) is 0 Å². The molecule has 33 heavy (non-hydrogen) atoms. The minimum Gasteiger partial charge on any atom is -0.393 e. The van der Waals surface area contributed by atoms with Crippen molar-refractivity contribution in [3.63, 3.8) is 0 Å². The van der Waals surface area contributed by atoms with Gasteiger partial charge >= 0.3 is 0 Å². The Morgan fingerprint density at radius 3 is 2.45 bits per heavy atom. The molecule has 180 valence electrons. The van der Waals surface area contributed by atoms with E-state index in [1.165, 1.54) is 31.2 Å². The second-order valence-electron chi connectivity index (χ2n) is 13.2. The van der Waals surface area contributed by atoms with Crippen LogP contribution in [0.25, 0.3) is 0 Å². The fourth-order valence-electron chi connectivity index (χ4n) is 9.20. The molecule has 1 aromatic heterocycles. The van der Waals surface area contributed by atoms with Crippen LogP contribution in [0.15, 0.2) is 36.1 Å². The van der Waals surface area contributed by atoms with Crippen molar-refractivity contribution in [2.45, 2.75) is 98.5 Å². The summed E-state index contributed by atoms with van der Waals surface area (Å²) in [4.78, 5) is 15.7. The molecule has 0 radical (unpaired) electrons. The first kappa shape index (κ1) is 23.1. The second-order valence-corrected chi connectivity index (χ2v) is 13.2. The number of carbonyl (C=O) groups is 1. The fourth-order valence-corrected chi connectivity index (χ4v) is 9.20. The molecule has 1 aromatic rings. The molecule has 0 bridgehead atoms. The first-order valence-corrected chi connectivity index (χ1v) is 13.1. The summed E-state index contributed by atoms with van der Waals surface area (Å²) in [6, 6.07) is 2.10. The summed E-state index contributed by atoms with van der Waals surface area (Å²) < 4.78 is 0. The van der Waals surface area contributed by atoms with E-state index in [1.807, 2.05) is 0 Å². The summed E-state index contributed by atoms with van der Waals surface area (Å²) in [6.45, 7) is 17.8. The van der Waals surface area contributed by atoms with Crippen LogP contribution >= 0.6 is 0 Å². The predicted molar refractivity (Wildman–Crippen MR) is 134 cm³/mol. The average molecular weight is 450 g/mol. The van der Waals surface area contributed by atoms with Crippen LogP contribution in [0.5, 0.6) is 0 Å². The Labute approximate surface area is 200 Å². The van der Waals surface area contributed by atoms with Gasteiger partial charge < -0.3 is 10.1 Å². The molecule has 7 atom stereocenters. The number of fused-ring (bicyclic) bond motifs is 5. The molecule has 0 spiro atoms. The Bertz CT molecular complexity index is 1030. The topological polar surface area (TPSA) is 53.1 Å². The summed E-state index contributed by atoms with van der Waals surface area (Å²) in [6.07, 6.45) is 12.6. The molecule has 0 saturated heterocycles. The third kappa shape index (κ3) is 2.93. The molecule has 0 aliphatic heterocycles. The van der Waals surface area contributed by atoms with Crippen LogP contribution in [-0.4, -0.2) is 22.0 Å². The molecule has 5 rings (SSSR count). The Morgan fingerprint density at radius 1 is 1.06 bits per heavy atom. The van der Waals surface area contributed by atoms with Crippen molar-refractivity contribution in [3.05, 3.63) is 47.3 Å². The largest absolute Gasteiger partial charge is 0.393 e. The van der Waals surface area contributed by atoms with Gasteiger partial charge in [-0.25, -0.2) is 0 Å². The molecule has 3 saturated carbocycles. The number of hydrogen-bond donors (Lipinski definition) is 2. The summed E-state index contributed by atoms with van der Waals surface area (Å²) in [7, 11) is 0. The molecule has 0 amide bonds. The van der Waals surface area contributed by atoms with E-state index in [1.54, 1.807) is 12.5 Å². The number of hydrogen-bond acceptors (Lipinski definition) is 2. The van der Waals surface area contributed by atoms with Crippen LogP contribution < -0.4 is 0 Å². The summed E-state index contributed by atoms with van der Waals surface area (Å²) in [5.74, 6) is 1.68. The van der Waals surface area contributed by atoms with Crippen molar-refractivity contribution in [1.82, 2.24) is 4.98 Å². The van der Waals surface area contributed by atoms with Gasteiger partial charge in [0.2, 0.25) is 5.78 Å². The van der Waals surface area contributed by atoms with E-state index in [-0.39, 0.29) is 33.5 Å². The van der Waals surface area contributed by atoms with Crippen LogP contribution in [0.2, 0.25) is 0 Å². The van der Waals surface area contributed by atoms with Crippen LogP contribution in [0.4, 0.5) is 0 Å². The first-order chi connectivity index (χ1) is 15.4. The highest BCUT2D eigenvalue weighted by Gasteiger charge is 2.65. The van der Waals surface area contributed by atoms with Gasteiger partial charge in [0.1, 0.15) is 0 Å². The van der Waals surface area contributed by atoms with Gasteiger partial charge in [-0.1, -0.05) is 52.8 Å². The lowest BCUT2D eigenvalue weighted by atomic mass is 9.41. The van der Waals surface area contributed by atoms with E-state index < -0.39 is 0 Å². The number of aliphatic hydroxyl groups is 1. The number of Topliss-reactive ketones (excluding diaryl/α,β-unsaturated/α-hetero) is 1. The summed E-state index contributed by atoms with van der Waals surface area (Å²) in [5.41, 5.74) is 4.95. The van der Waals surface area contributed by atoms with Crippen LogP contribution in [0.1, 0.15) is 108 Å². The van der Waals surface area contributed by atoms with Gasteiger partial charge in [-0.05, 0) is 108 Å². The summed E-state index contributed by atoms with van der Waals surface area (Å²) in [5, 5.41) is 10.8. The van der Waals surface area contributed by atoms with Gasteiger partial charge in [0.25, 0.3) is 0 Å². The van der Waals surface area contributed by atoms with Gasteiger partial charge in [0.15, 0.2) is 0 Å². The number of carbonyl (C=O) groups excluding carboxylic acids is 1. The molecule has 1 heterocycles. The minimum atomic E-state index is -0.185. The van der Waals surface area contributed by atoms with Crippen LogP contribution in [-0.2, 0) is 0 Å². The van der Waals surface area contributed by atoms with E-state index in [0.29, 0.717) is 29.0 Å². The zero-order valence-corrected chi connectivity index (χ0v) is 21.6. The zero-order valence-electron chi connectivity index (χ0n) is 21.6. The average Bonchev–Trinajstić information content (AvgIpc) is 3.33. The minimum absolute atomic E-state index is 0.0203. The highest BCUT2D eigenvalue weighted by atomic mass is 16.3. The molecule has 4 aliphatic rings. The zero-order chi connectivity index (χ0) is 24.0. The molecular formula is C30H43NO2. The molecule has 3 heteroatoms. The molecule has 3 fully saturated rings. The van der Waals surface area contributed by atoms with Gasteiger partial charge in [0.05, 0.1) is 11.8 Å². The Kier molecular flexibility index (Phi) is 5.05. The maximum absolute atomic E-state index is 12.5. The van der Waals surface area contributed by atoms with Crippen molar-refractivity contribution in [1.29, 1.82) is 0 Å². The molecule has 1 unspecified atom stereocenters. The number of H-pyrrole nitrogens is 1. The number of aromatic amines is 1. The number of nitrogens with one attached hydrogen (secondary N) is 1. The normalized spacial score (nSPS) is 43.8. The third-order valence-electron chi connectivity index (χ3n) is 11.5. The number of aliphatic hydroxyl groups excluding tert-OH is 1. The fraction of sp³-hybridized carbons (Fsp3) is 0.700. The van der Waals surface area contributed by atoms with Gasteiger partial charge in [-0.3, -0.25) is 4.79 Å². The number of rotatable bonds is 3. The van der Waals surface area contributed by atoms with Crippen molar-refractivity contribution in [2.24, 2.45) is 33.5 Å². The first-order valence-electron chi connectivity index (χ1n) is 13.1. The van der Waals surface area contributed by atoms with Crippen molar-refractivity contribution in [2.75, 3.05) is 0 Å². The highest BCUT2D eigenvalue weighted by molar-refractivity contribution is 6.06. The Morgan fingerprint density at radius 2 is 1.76 bits per heavy atom. The molecule has 0 aromatic carbocycles. The molecule has 2 N–H and O–H groups in total. The lowest BCUT2D eigenvalue weighted by Crippen LogP contribution is -2.57. The Hall–Kier alpha value is -1.61. The van der Waals surface area contributed by atoms with E-state index in [0.717, 1.165) is 19.3 Å². The lowest BCUT2D eigenvalue weighted by Gasteiger charge is -2.64. The predicted octanol–water partition coefficient (Wildman–Crippen LogP) is 7.21. The molecule has 4 aliphatic carbocycles. The SMILES string of the molecule is C=C(C)C(=O)c1cc([C@@H]2CC[C@]3(C)C4=CCC5C(C)(C)[C@H](O)CC[C@]5(C)[C@H]4CC[C@@]23C)c[nH]1. The van der Waals surface area contributed by atoms with E-state index in [4.69, 9.17) is 0 Å². The quantitative estimate of drug-likeness (QED) is 0.291. The second kappa shape index (κ2) is 7.20. The van der Waals surface area contributed by atoms with Crippen molar-refractivity contribution in [3.8, 4) is 0 Å². The van der Waals surface area contributed by atoms with E-state index in [2.05, 4.69) is 64.5 Å². The smallest absolute Gasteiger partial charge is 0.204 e. The van der Waals surface area contributed by atoms with Gasteiger partial charge in [-0.2, -0.15) is 0 Å². The van der Waals surface area contributed by atoms with Gasteiger partial charge in [0, 0.05) is 6.20 Å². The van der Waals surface area contributed by atoms with Crippen LogP contribution in [0, 0.1) is 33.5 Å². The van der Waals surface area contributed by atoms with Gasteiger partial charge in [-0.15, -0.1) is 0 Å². The lowest BCUT2D eigenvalue weighted by molar-refractivity contribution is -0.129. The Balaban J connectivity index is 1.50. The molecule has 3 nitrogen and oxygen atoms in total. The standard InChI is InChI=1S/C30H43NO2/c1-18(2)26(33)23-16-19(17-31-23)20-10-14-30(7)22-8-9-24-27(3,4)25(32)12-13-28(24,5)21(22)11-15-29(20,30)6/h8,16-17,20-21,24-25,31-32H,1,9-15H2,2-7H3/t20-,21-,24?,25+,28+,29-,30+/m0/s1. The molecular weight excluding hydrogens is 406 g/mol. The number of allylic oxidation sites excluding steroid dienone is 3. The number of ketones is 1. The highest BCUT2D eigenvalue weighted by Crippen LogP contribution is 2.73. The van der Waals surface area contributed by atoms with E-state index in [9.17, 15) is 9.90 Å². The third-order valence-corrected chi connectivity index (χ3v) is 11.5. The van der Waals surface area contributed by atoms with Crippen molar-refractivity contribution < 1.29 is 9.90 Å². The monoisotopic (exact) mass is 449 g/mol. The number of aromatic nitrogens is 1. The van der Waals surface area contributed by atoms with E-state index >= 15 is 0 Å².